The fourth-order valence-corrected chi connectivity index (χ4v) is 4.69. The normalized spacial score (nSPS) is 11.2. The van der Waals surface area contributed by atoms with E-state index < -0.39 is 0 Å². The van der Waals surface area contributed by atoms with Crippen molar-refractivity contribution >= 4 is 0 Å². The van der Waals surface area contributed by atoms with E-state index >= 15 is 0 Å². The summed E-state index contributed by atoms with van der Waals surface area (Å²) in [6.07, 6.45) is 9.80. The van der Waals surface area contributed by atoms with Crippen molar-refractivity contribution in [1.82, 2.24) is 4.98 Å². The molecule has 0 fully saturated rings. The SMILES string of the molecule is C.C.C[C-]=C(C)C(C)=[C-]CC(C)C.Cc1c(C)c(C)c(CC(C)C)c(C)c1C.Cc1nc(CC(C)C)c(C)c(C)c1C.[W+2]. The minimum atomic E-state index is 0. The maximum Gasteiger partial charge on any atom is 2.00 e. The van der Waals surface area contributed by atoms with Crippen molar-refractivity contribution in [1.29, 1.82) is 0 Å². The predicted octanol–water partition coefficient (Wildman–Crippen LogP) is 12.8. The quantitative estimate of drug-likeness (QED) is 0.202. The number of nitrogens with zero attached hydrogens (tertiary/aromatic N) is 1. The number of hydrogen-bond acceptors (Lipinski definition) is 1. The molecule has 1 nitrogen and oxygen atoms in total. The van der Waals surface area contributed by atoms with E-state index in [9.17, 15) is 0 Å². The summed E-state index contributed by atoms with van der Waals surface area (Å²) in [5.41, 5.74) is 18.1. The Hall–Kier alpha value is -1.46. The number of hydrogen-bond donors (Lipinski definition) is 0. The van der Waals surface area contributed by atoms with E-state index in [1.54, 1.807) is 5.56 Å². The number of aryl methyl sites for hydroxylation is 1. The van der Waals surface area contributed by atoms with Gasteiger partial charge in [-0.25, -0.2) is 0 Å². The van der Waals surface area contributed by atoms with Crippen molar-refractivity contribution in [2.24, 2.45) is 17.8 Å². The molecule has 2 aromatic rings. The van der Waals surface area contributed by atoms with E-state index in [4.69, 9.17) is 0 Å². The van der Waals surface area contributed by atoms with Crippen LogP contribution in [0.3, 0.4) is 0 Å². The minimum absolute atomic E-state index is 0. The van der Waals surface area contributed by atoms with Gasteiger partial charge in [0.25, 0.3) is 0 Å². The fraction of sp³-hybridized carbons (Fsp3) is 0.634. The van der Waals surface area contributed by atoms with Crippen LogP contribution in [0.4, 0.5) is 0 Å². The summed E-state index contributed by atoms with van der Waals surface area (Å²) >= 11 is 0. The zero-order chi connectivity index (χ0) is 31.5. The fourth-order valence-electron chi connectivity index (χ4n) is 4.69. The number of allylic oxidation sites excluding steroid dienone is 4. The van der Waals surface area contributed by atoms with E-state index in [2.05, 4.69) is 135 Å². The smallest absolute Gasteiger partial charge is 0.376 e. The van der Waals surface area contributed by atoms with Crippen molar-refractivity contribution in [3.05, 3.63) is 84.8 Å². The number of pyridine rings is 1. The van der Waals surface area contributed by atoms with E-state index in [0.29, 0.717) is 11.8 Å². The maximum absolute atomic E-state index is 4.67. The number of aromatic nitrogens is 1. The maximum atomic E-state index is 4.67. The van der Waals surface area contributed by atoms with Gasteiger partial charge in [-0.3, -0.25) is 4.98 Å². The molecule has 1 aromatic heterocycles. The molecule has 0 radical (unpaired) electrons. The van der Waals surface area contributed by atoms with E-state index in [0.717, 1.165) is 18.8 Å². The summed E-state index contributed by atoms with van der Waals surface area (Å²) in [5.74, 6) is 2.13. The Labute approximate surface area is 286 Å². The van der Waals surface area contributed by atoms with Gasteiger partial charge in [0.05, 0.1) is 0 Å². The minimum Gasteiger partial charge on any atom is -0.376 e. The molecular weight excluding hydrogens is 690 g/mol. The van der Waals surface area contributed by atoms with Crippen molar-refractivity contribution in [2.75, 3.05) is 0 Å². The number of benzene rings is 1. The Balaban J connectivity index is -0.000000260. The third-order valence-electron chi connectivity index (χ3n) is 8.49. The van der Waals surface area contributed by atoms with Crippen LogP contribution >= 0.6 is 0 Å². The molecule has 0 amide bonds. The Morgan fingerprint density at radius 3 is 1.33 bits per heavy atom. The Bertz CT molecular complexity index is 1130. The van der Waals surface area contributed by atoms with Crippen LogP contribution in [0.15, 0.2) is 11.1 Å². The second-order valence-electron chi connectivity index (χ2n) is 13.1. The van der Waals surface area contributed by atoms with Crippen molar-refractivity contribution in [2.45, 2.75) is 159 Å². The molecule has 0 spiro atoms. The molecule has 0 atom stereocenters. The Morgan fingerprint density at radius 1 is 0.558 bits per heavy atom. The van der Waals surface area contributed by atoms with Gasteiger partial charge in [-0.05, 0) is 137 Å². The van der Waals surface area contributed by atoms with Gasteiger partial charge in [-0.2, -0.15) is 0 Å². The van der Waals surface area contributed by atoms with Crippen LogP contribution < -0.4 is 0 Å². The molecule has 0 aliphatic rings. The summed E-state index contributed by atoms with van der Waals surface area (Å²) in [7, 11) is 0. The summed E-state index contributed by atoms with van der Waals surface area (Å²) in [6.45, 7) is 39.5. The largest absolute Gasteiger partial charge is 2.00 e. The van der Waals surface area contributed by atoms with E-state index in [1.165, 1.54) is 73.5 Å². The Morgan fingerprint density at radius 2 is 0.953 bits per heavy atom. The third kappa shape index (κ3) is 15.9. The van der Waals surface area contributed by atoms with Gasteiger partial charge in [-0.1, -0.05) is 62.3 Å². The van der Waals surface area contributed by atoms with Gasteiger partial charge in [-0.15, -0.1) is 27.2 Å². The van der Waals surface area contributed by atoms with Crippen LogP contribution in [0.1, 0.15) is 145 Å². The Kier molecular flexibility index (Phi) is 25.9. The average molecular weight is 762 g/mol. The van der Waals surface area contributed by atoms with Gasteiger partial charge < -0.3 is 23.3 Å². The topological polar surface area (TPSA) is 12.9 Å². The molecule has 1 aromatic carbocycles. The summed E-state index contributed by atoms with van der Waals surface area (Å²) < 4.78 is 0. The third-order valence-corrected chi connectivity index (χ3v) is 8.49. The number of rotatable bonds is 7. The second kappa shape index (κ2) is 23.0. The van der Waals surface area contributed by atoms with E-state index in [1.807, 2.05) is 6.92 Å². The molecule has 2 heteroatoms. The monoisotopic (exact) mass is 762 g/mol. The molecule has 0 saturated heterocycles. The molecular formula is C41H71NW. The second-order valence-corrected chi connectivity index (χ2v) is 13.1. The summed E-state index contributed by atoms with van der Waals surface area (Å²) in [5, 5.41) is 0. The molecule has 0 unspecified atom stereocenters. The van der Waals surface area contributed by atoms with Crippen LogP contribution in [-0.4, -0.2) is 4.98 Å². The zero-order valence-electron chi connectivity index (χ0n) is 30.2. The van der Waals surface area contributed by atoms with Gasteiger partial charge in [0.15, 0.2) is 0 Å². The van der Waals surface area contributed by atoms with Gasteiger partial charge >= 0.3 is 21.1 Å². The molecule has 43 heavy (non-hydrogen) atoms. The molecule has 0 aliphatic carbocycles. The predicted molar refractivity (Wildman–Crippen MR) is 194 cm³/mol. The molecule has 2 rings (SSSR count). The molecule has 0 aliphatic heterocycles. The first-order chi connectivity index (χ1) is 18.4. The van der Waals surface area contributed by atoms with E-state index in [-0.39, 0.29) is 35.9 Å². The average Bonchev–Trinajstić information content (AvgIpc) is 2.89. The first kappa shape index (κ1) is 48.4. The van der Waals surface area contributed by atoms with Crippen LogP contribution in [-0.2, 0) is 33.9 Å². The summed E-state index contributed by atoms with van der Waals surface area (Å²) in [6, 6.07) is 0. The molecule has 1 heterocycles. The van der Waals surface area contributed by atoms with Crippen LogP contribution in [0.2, 0.25) is 0 Å². The van der Waals surface area contributed by atoms with Crippen molar-refractivity contribution < 1.29 is 21.1 Å². The van der Waals surface area contributed by atoms with Crippen LogP contribution in [0.25, 0.3) is 0 Å². The van der Waals surface area contributed by atoms with Gasteiger partial charge in [0.1, 0.15) is 0 Å². The van der Waals surface area contributed by atoms with Crippen LogP contribution in [0, 0.1) is 92.2 Å². The molecule has 0 saturated carbocycles. The first-order valence-electron chi connectivity index (χ1n) is 15.4. The standard InChI is InChI=1S/C15H24.C13H21N.C11H18.2CH4.W/c1-9(2)8-15-13(6)11(4)10(3)12(5)14(15)7;1-8(2)7-13-11(5)9(3)10(4)12(6)14-13;1-6-10(4)11(5)8-7-9(2)3;;;/h9H,8H2,1-7H3;8H,7H2,1-6H3;9H,7H2,1-5H3;2*1H4;/q;;-2;;;+2. The van der Waals surface area contributed by atoms with Crippen molar-refractivity contribution in [3.63, 3.8) is 0 Å². The molecule has 246 valence electrons. The van der Waals surface area contributed by atoms with Crippen molar-refractivity contribution in [3.8, 4) is 0 Å². The molecule has 0 bridgehead atoms. The van der Waals surface area contributed by atoms with Gasteiger partial charge in [0.2, 0.25) is 0 Å². The van der Waals surface area contributed by atoms with Crippen LogP contribution in [0.5, 0.6) is 0 Å². The summed E-state index contributed by atoms with van der Waals surface area (Å²) in [4.78, 5) is 4.67. The van der Waals surface area contributed by atoms with Gasteiger partial charge in [0, 0.05) is 11.4 Å². The molecule has 0 N–H and O–H groups in total. The first-order valence-corrected chi connectivity index (χ1v) is 15.4. The zero-order valence-corrected chi connectivity index (χ0v) is 33.1.